The van der Waals surface area contributed by atoms with Crippen molar-refractivity contribution in [2.75, 3.05) is 13.2 Å². The first-order valence-electron chi connectivity index (χ1n) is 29.8. The Morgan fingerprint density at radius 3 is 0.864 bits per heavy atom. The van der Waals surface area contributed by atoms with Crippen molar-refractivity contribution < 1.29 is 28.6 Å². The van der Waals surface area contributed by atoms with Crippen LogP contribution in [0.5, 0.6) is 0 Å². The van der Waals surface area contributed by atoms with Crippen LogP contribution >= 0.6 is 0 Å². The first-order chi connectivity index (χ1) is 32.3. The summed E-state index contributed by atoms with van der Waals surface area (Å²) in [6.07, 6.45) is 56.6. The van der Waals surface area contributed by atoms with Crippen molar-refractivity contribution in [2.45, 2.75) is 343 Å². The normalized spacial score (nSPS) is 12.5. The zero-order valence-corrected chi connectivity index (χ0v) is 45.3. The number of carbonyl (C=O) groups is 3. The largest absolute Gasteiger partial charge is 0.462 e. The SMILES string of the molecule is CCCCCCCCCCCCCCCCCCCCC(=O)OC[C@H](COC(=O)CCCCCCCCCCCC(C)C)OC(=O)CCCCCCCCCCCCCCCCC(C)CC. The van der Waals surface area contributed by atoms with E-state index in [1.165, 1.54) is 225 Å². The molecule has 0 spiro atoms. The molecule has 0 aromatic heterocycles. The summed E-state index contributed by atoms with van der Waals surface area (Å²) in [5.41, 5.74) is 0. The lowest BCUT2D eigenvalue weighted by Crippen LogP contribution is -2.30. The Bertz CT molecular complexity index is 1010. The number of carbonyl (C=O) groups excluding carboxylic acids is 3. The minimum absolute atomic E-state index is 0.0627. The van der Waals surface area contributed by atoms with Crippen molar-refractivity contribution in [1.29, 1.82) is 0 Å². The van der Waals surface area contributed by atoms with Gasteiger partial charge in [0.25, 0.3) is 0 Å². The van der Waals surface area contributed by atoms with Gasteiger partial charge in [-0.1, -0.05) is 298 Å². The maximum atomic E-state index is 12.9. The van der Waals surface area contributed by atoms with Crippen molar-refractivity contribution in [2.24, 2.45) is 11.8 Å². The topological polar surface area (TPSA) is 78.9 Å². The lowest BCUT2D eigenvalue weighted by Gasteiger charge is -2.18. The molecule has 0 saturated carbocycles. The second-order valence-corrected chi connectivity index (χ2v) is 21.4. The molecule has 0 bridgehead atoms. The van der Waals surface area contributed by atoms with Gasteiger partial charge in [0.2, 0.25) is 0 Å². The summed E-state index contributed by atoms with van der Waals surface area (Å²) in [6, 6.07) is 0. The third kappa shape index (κ3) is 51.8. The van der Waals surface area contributed by atoms with Crippen LogP contribution in [0.2, 0.25) is 0 Å². The van der Waals surface area contributed by atoms with E-state index in [-0.39, 0.29) is 31.1 Å². The third-order valence-electron chi connectivity index (χ3n) is 14.1. The minimum Gasteiger partial charge on any atom is -0.462 e. The highest BCUT2D eigenvalue weighted by molar-refractivity contribution is 5.71. The van der Waals surface area contributed by atoms with Crippen LogP contribution in [0.15, 0.2) is 0 Å². The summed E-state index contributed by atoms with van der Waals surface area (Å²) in [7, 11) is 0. The fourth-order valence-electron chi connectivity index (χ4n) is 9.20. The molecule has 0 radical (unpaired) electrons. The highest BCUT2D eigenvalue weighted by Gasteiger charge is 2.19. The number of rotatable bonds is 54. The van der Waals surface area contributed by atoms with Crippen molar-refractivity contribution >= 4 is 17.9 Å². The smallest absolute Gasteiger partial charge is 0.306 e. The lowest BCUT2D eigenvalue weighted by molar-refractivity contribution is -0.167. The molecule has 66 heavy (non-hydrogen) atoms. The van der Waals surface area contributed by atoms with E-state index in [1.807, 2.05) is 0 Å². The van der Waals surface area contributed by atoms with Gasteiger partial charge in [-0.3, -0.25) is 14.4 Å². The lowest BCUT2D eigenvalue weighted by atomic mass is 9.99. The Labute approximate surface area is 412 Å². The van der Waals surface area contributed by atoms with E-state index >= 15 is 0 Å². The van der Waals surface area contributed by atoms with E-state index < -0.39 is 6.10 Å². The summed E-state index contributed by atoms with van der Waals surface area (Å²) in [6.45, 7) is 11.4. The van der Waals surface area contributed by atoms with Crippen LogP contribution in [0.25, 0.3) is 0 Å². The summed E-state index contributed by atoms with van der Waals surface area (Å²) in [5, 5.41) is 0. The van der Waals surface area contributed by atoms with Crippen LogP contribution in [0.4, 0.5) is 0 Å². The van der Waals surface area contributed by atoms with Crippen molar-refractivity contribution in [3.05, 3.63) is 0 Å². The van der Waals surface area contributed by atoms with Crippen LogP contribution in [-0.2, 0) is 28.6 Å². The molecule has 392 valence electrons. The van der Waals surface area contributed by atoms with Gasteiger partial charge >= 0.3 is 17.9 Å². The molecule has 0 saturated heterocycles. The van der Waals surface area contributed by atoms with E-state index in [9.17, 15) is 14.4 Å². The number of esters is 3. The zero-order chi connectivity index (χ0) is 48.2. The Balaban J connectivity index is 4.27. The maximum absolute atomic E-state index is 12.9. The van der Waals surface area contributed by atoms with Gasteiger partial charge in [0.1, 0.15) is 13.2 Å². The highest BCUT2D eigenvalue weighted by Crippen LogP contribution is 2.19. The molecule has 0 aromatic carbocycles. The second kappa shape index (κ2) is 52.8. The molecular weight excluding hydrogens is 817 g/mol. The molecule has 0 aliphatic rings. The van der Waals surface area contributed by atoms with Crippen LogP contribution in [-0.4, -0.2) is 37.2 Å². The van der Waals surface area contributed by atoms with Gasteiger partial charge in [0.15, 0.2) is 6.10 Å². The second-order valence-electron chi connectivity index (χ2n) is 21.4. The minimum atomic E-state index is -0.763. The number of hydrogen-bond acceptors (Lipinski definition) is 6. The number of ether oxygens (including phenoxy) is 3. The van der Waals surface area contributed by atoms with Gasteiger partial charge in [-0.2, -0.15) is 0 Å². The van der Waals surface area contributed by atoms with Gasteiger partial charge in [0, 0.05) is 19.3 Å². The molecule has 6 heteroatoms. The summed E-state index contributed by atoms with van der Waals surface area (Å²) < 4.78 is 16.9. The van der Waals surface area contributed by atoms with Crippen LogP contribution in [0.3, 0.4) is 0 Å². The molecule has 1 unspecified atom stereocenters. The number of hydrogen-bond donors (Lipinski definition) is 0. The summed E-state index contributed by atoms with van der Waals surface area (Å²) in [4.78, 5) is 38.2. The van der Waals surface area contributed by atoms with Crippen LogP contribution in [0.1, 0.15) is 336 Å². The van der Waals surface area contributed by atoms with Crippen LogP contribution in [0, 0.1) is 11.8 Å². The van der Waals surface area contributed by atoms with Gasteiger partial charge in [-0.25, -0.2) is 0 Å². The van der Waals surface area contributed by atoms with Crippen molar-refractivity contribution in [1.82, 2.24) is 0 Å². The average Bonchev–Trinajstić information content (AvgIpc) is 3.30. The Hall–Kier alpha value is -1.59. The van der Waals surface area contributed by atoms with Gasteiger partial charge in [0.05, 0.1) is 0 Å². The molecule has 0 aliphatic carbocycles. The van der Waals surface area contributed by atoms with Crippen LogP contribution < -0.4 is 0 Å². The predicted octanol–water partition coefficient (Wildman–Crippen LogP) is 19.7. The Morgan fingerprint density at radius 2 is 0.576 bits per heavy atom. The van der Waals surface area contributed by atoms with E-state index in [1.54, 1.807) is 0 Å². The van der Waals surface area contributed by atoms with E-state index in [2.05, 4.69) is 34.6 Å². The maximum Gasteiger partial charge on any atom is 0.306 e. The molecule has 0 amide bonds. The van der Waals surface area contributed by atoms with E-state index in [4.69, 9.17) is 14.2 Å². The number of unbranched alkanes of at least 4 members (excludes halogenated alkanes) is 38. The molecule has 0 fully saturated rings. The standard InChI is InChI=1S/C60H116O6/c1-6-8-9-10-11-12-13-14-15-16-17-18-22-25-30-35-40-45-50-58(61)64-53-57(54-65-59(62)51-46-41-36-32-27-28-33-38-43-48-55(3)4)66-60(63)52-47-42-37-31-26-23-20-19-21-24-29-34-39-44-49-56(5)7-2/h55-57H,6-54H2,1-5H3/t56?,57-/m1/s1. The Morgan fingerprint density at radius 1 is 0.318 bits per heavy atom. The fourth-order valence-corrected chi connectivity index (χ4v) is 9.20. The molecule has 0 rings (SSSR count). The molecular formula is C60H116O6. The Kier molecular flexibility index (Phi) is 51.5. The molecule has 6 nitrogen and oxygen atoms in total. The predicted molar refractivity (Wildman–Crippen MR) is 284 cm³/mol. The quantitative estimate of drug-likeness (QED) is 0.0343. The van der Waals surface area contributed by atoms with Crippen molar-refractivity contribution in [3.63, 3.8) is 0 Å². The third-order valence-corrected chi connectivity index (χ3v) is 14.1. The zero-order valence-electron chi connectivity index (χ0n) is 45.3. The summed E-state index contributed by atoms with van der Waals surface area (Å²) in [5.74, 6) is 0.864. The molecule has 2 atom stereocenters. The van der Waals surface area contributed by atoms with Gasteiger partial charge in [-0.05, 0) is 31.1 Å². The molecule has 0 aromatic rings. The molecule has 0 aliphatic heterocycles. The molecule has 0 heterocycles. The monoisotopic (exact) mass is 933 g/mol. The average molecular weight is 934 g/mol. The van der Waals surface area contributed by atoms with Crippen molar-refractivity contribution in [3.8, 4) is 0 Å². The first-order valence-corrected chi connectivity index (χ1v) is 29.8. The van der Waals surface area contributed by atoms with Gasteiger partial charge in [-0.15, -0.1) is 0 Å². The van der Waals surface area contributed by atoms with E-state index in [0.717, 1.165) is 69.6 Å². The first kappa shape index (κ1) is 64.4. The summed E-state index contributed by atoms with van der Waals surface area (Å²) >= 11 is 0. The van der Waals surface area contributed by atoms with E-state index in [0.29, 0.717) is 19.3 Å². The highest BCUT2D eigenvalue weighted by atomic mass is 16.6. The molecule has 0 N–H and O–H groups in total. The fraction of sp³-hybridized carbons (Fsp3) is 0.950. The van der Waals surface area contributed by atoms with Gasteiger partial charge < -0.3 is 14.2 Å².